The summed E-state index contributed by atoms with van der Waals surface area (Å²) < 4.78 is 4.92. The van der Waals surface area contributed by atoms with Crippen molar-refractivity contribution in [2.45, 2.75) is 97.1 Å². The Balaban J connectivity index is 1.46. The standard InChI is InChI=1S/C30H43N2/c1-2-3-4-5-6-7-8-9-10-11-18-23-31-24-25-32(27-29-21-16-13-17-22-29)30(31)26-28-19-14-12-15-20-28/h12-17,19-22,24-25H,2-11,18,23,26-27H2,1H3/q+1. The van der Waals surface area contributed by atoms with Gasteiger partial charge in [0.15, 0.2) is 0 Å². The fourth-order valence-corrected chi connectivity index (χ4v) is 4.55. The van der Waals surface area contributed by atoms with E-state index in [1.54, 1.807) is 0 Å². The summed E-state index contributed by atoms with van der Waals surface area (Å²) in [5.41, 5.74) is 2.74. The van der Waals surface area contributed by atoms with Gasteiger partial charge in [-0.25, -0.2) is 9.13 Å². The van der Waals surface area contributed by atoms with Crippen molar-refractivity contribution >= 4 is 0 Å². The summed E-state index contributed by atoms with van der Waals surface area (Å²) in [7, 11) is 0. The van der Waals surface area contributed by atoms with Gasteiger partial charge in [-0.05, 0) is 24.0 Å². The van der Waals surface area contributed by atoms with Crippen LogP contribution >= 0.6 is 0 Å². The molecule has 32 heavy (non-hydrogen) atoms. The van der Waals surface area contributed by atoms with Gasteiger partial charge in [0.25, 0.3) is 5.82 Å². The maximum absolute atomic E-state index is 2.49. The quantitative estimate of drug-likeness (QED) is 0.162. The van der Waals surface area contributed by atoms with Crippen LogP contribution in [0.2, 0.25) is 0 Å². The van der Waals surface area contributed by atoms with Crippen LogP contribution in [-0.2, 0) is 19.5 Å². The van der Waals surface area contributed by atoms with Gasteiger partial charge in [-0.3, -0.25) is 0 Å². The molecule has 0 aliphatic carbocycles. The molecule has 0 radical (unpaired) electrons. The molecule has 0 unspecified atom stereocenters. The average Bonchev–Trinajstić information content (AvgIpc) is 3.19. The lowest BCUT2D eigenvalue weighted by atomic mass is 10.1. The van der Waals surface area contributed by atoms with Crippen molar-refractivity contribution in [1.29, 1.82) is 0 Å². The van der Waals surface area contributed by atoms with Gasteiger partial charge in [-0.15, -0.1) is 0 Å². The Hall–Kier alpha value is -2.35. The van der Waals surface area contributed by atoms with Crippen LogP contribution < -0.4 is 4.57 Å². The Bertz CT molecular complexity index is 851. The molecule has 0 aliphatic heterocycles. The molecule has 0 saturated carbocycles. The second-order valence-electron chi connectivity index (χ2n) is 9.22. The van der Waals surface area contributed by atoms with Crippen molar-refractivity contribution in [3.8, 4) is 0 Å². The number of imidazole rings is 1. The van der Waals surface area contributed by atoms with Crippen LogP contribution in [0.25, 0.3) is 0 Å². The summed E-state index contributed by atoms with van der Waals surface area (Å²) in [6.07, 6.45) is 20.9. The molecule has 0 atom stereocenters. The van der Waals surface area contributed by atoms with Gasteiger partial charge in [-0.1, -0.05) is 125 Å². The SMILES string of the molecule is CCCCCCCCCCCCCn1cc[n+](Cc2ccccc2)c1Cc1ccccc1. The van der Waals surface area contributed by atoms with E-state index in [0.717, 1.165) is 19.5 Å². The lowest BCUT2D eigenvalue weighted by Gasteiger charge is -2.07. The highest BCUT2D eigenvalue weighted by Crippen LogP contribution is 2.13. The molecule has 3 rings (SSSR count). The van der Waals surface area contributed by atoms with Gasteiger partial charge < -0.3 is 0 Å². The number of hydrogen-bond acceptors (Lipinski definition) is 0. The monoisotopic (exact) mass is 431 g/mol. The molecule has 2 aromatic carbocycles. The third kappa shape index (κ3) is 8.65. The van der Waals surface area contributed by atoms with Crippen LogP contribution in [-0.4, -0.2) is 4.57 Å². The predicted molar refractivity (Wildman–Crippen MR) is 136 cm³/mol. The maximum Gasteiger partial charge on any atom is 0.261 e. The first-order valence-electron chi connectivity index (χ1n) is 13.0. The zero-order valence-corrected chi connectivity index (χ0v) is 20.2. The fraction of sp³-hybridized carbons (Fsp3) is 0.500. The van der Waals surface area contributed by atoms with E-state index in [1.807, 2.05) is 0 Å². The van der Waals surface area contributed by atoms with Crippen molar-refractivity contribution < 1.29 is 4.57 Å². The molecule has 0 fully saturated rings. The van der Waals surface area contributed by atoms with E-state index in [2.05, 4.69) is 89.1 Å². The summed E-state index contributed by atoms with van der Waals surface area (Å²) >= 11 is 0. The number of benzene rings is 2. The molecule has 2 nitrogen and oxygen atoms in total. The normalized spacial score (nSPS) is 11.2. The molecule has 3 aromatic rings. The molecule has 0 N–H and O–H groups in total. The Morgan fingerprint density at radius 3 is 1.75 bits per heavy atom. The van der Waals surface area contributed by atoms with Crippen molar-refractivity contribution in [3.63, 3.8) is 0 Å². The summed E-state index contributed by atoms with van der Waals surface area (Å²) in [6, 6.07) is 21.7. The van der Waals surface area contributed by atoms with Gasteiger partial charge in [0.05, 0.1) is 13.0 Å². The summed E-state index contributed by atoms with van der Waals surface area (Å²) in [6.45, 7) is 4.36. The second-order valence-corrected chi connectivity index (χ2v) is 9.22. The minimum atomic E-state index is 0.939. The molecule has 0 amide bonds. The predicted octanol–water partition coefficient (Wildman–Crippen LogP) is 7.73. The van der Waals surface area contributed by atoms with Crippen LogP contribution in [0, 0.1) is 0 Å². The first kappa shape index (κ1) is 24.3. The molecule has 0 spiro atoms. The zero-order valence-electron chi connectivity index (χ0n) is 20.2. The highest BCUT2D eigenvalue weighted by atomic mass is 15.1. The minimum absolute atomic E-state index is 0.939. The Labute approximate surface area is 196 Å². The van der Waals surface area contributed by atoms with Crippen LogP contribution in [0.5, 0.6) is 0 Å². The van der Waals surface area contributed by atoms with E-state index in [9.17, 15) is 0 Å². The molecule has 2 heteroatoms. The zero-order chi connectivity index (χ0) is 22.3. The molecule has 1 aromatic heterocycles. The molecule has 1 heterocycles. The van der Waals surface area contributed by atoms with Gasteiger partial charge in [0.1, 0.15) is 18.9 Å². The summed E-state index contributed by atoms with van der Waals surface area (Å²) in [5.74, 6) is 1.41. The summed E-state index contributed by atoms with van der Waals surface area (Å²) in [5, 5.41) is 0. The second kappa shape index (κ2) is 14.7. The van der Waals surface area contributed by atoms with Gasteiger partial charge in [0, 0.05) is 0 Å². The third-order valence-corrected chi connectivity index (χ3v) is 6.49. The molecule has 0 aliphatic rings. The largest absolute Gasteiger partial charge is 0.261 e. The van der Waals surface area contributed by atoms with Gasteiger partial charge in [-0.2, -0.15) is 0 Å². The number of unbranched alkanes of at least 4 members (excludes halogenated alkanes) is 10. The number of aryl methyl sites for hydroxylation is 1. The summed E-state index contributed by atoms with van der Waals surface area (Å²) in [4.78, 5) is 0. The van der Waals surface area contributed by atoms with E-state index in [1.165, 1.54) is 87.6 Å². The lowest BCUT2D eigenvalue weighted by molar-refractivity contribution is -0.695. The van der Waals surface area contributed by atoms with Crippen molar-refractivity contribution in [3.05, 3.63) is 90.0 Å². The Kier molecular flexibility index (Phi) is 11.1. The van der Waals surface area contributed by atoms with E-state index in [4.69, 9.17) is 0 Å². The van der Waals surface area contributed by atoms with Crippen LogP contribution in [0.15, 0.2) is 73.1 Å². The number of nitrogens with zero attached hydrogens (tertiary/aromatic N) is 2. The first-order valence-corrected chi connectivity index (χ1v) is 13.0. The molecule has 0 bridgehead atoms. The number of aromatic nitrogens is 2. The third-order valence-electron chi connectivity index (χ3n) is 6.49. The van der Waals surface area contributed by atoms with Gasteiger partial charge >= 0.3 is 0 Å². The Morgan fingerprint density at radius 2 is 1.16 bits per heavy atom. The molecule has 0 saturated heterocycles. The van der Waals surface area contributed by atoms with Crippen molar-refractivity contribution in [1.82, 2.24) is 4.57 Å². The molecular formula is C30H43N2+. The van der Waals surface area contributed by atoms with E-state index in [0.29, 0.717) is 0 Å². The van der Waals surface area contributed by atoms with Crippen molar-refractivity contribution in [2.75, 3.05) is 0 Å². The van der Waals surface area contributed by atoms with E-state index in [-0.39, 0.29) is 0 Å². The number of rotatable bonds is 16. The van der Waals surface area contributed by atoms with Crippen LogP contribution in [0.4, 0.5) is 0 Å². The highest BCUT2D eigenvalue weighted by Gasteiger charge is 2.17. The maximum atomic E-state index is 2.49. The topological polar surface area (TPSA) is 8.81 Å². The van der Waals surface area contributed by atoms with Crippen LogP contribution in [0.3, 0.4) is 0 Å². The van der Waals surface area contributed by atoms with Crippen LogP contribution in [0.1, 0.15) is 94.5 Å². The Morgan fingerprint density at radius 1 is 0.625 bits per heavy atom. The molecular weight excluding hydrogens is 388 g/mol. The molecule has 172 valence electrons. The van der Waals surface area contributed by atoms with Crippen molar-refractivity contribution in [2.24, 2.45) is 0 Å². The van der Waals surface area contributed by atoms with E-state index < -0.39 is 0 Å². The lowest BCUT2D eigenvalue weighted by Crippen LogP contribution is -2.38. The minimum Gasteiger partial charge on any atom is -0.234 e. The fourth-order valence-electron chi connectivity index (χ4n) is 4.55. The van der Waals surface area contributed by atoms with Gasteiger partial charge in [0.2, 0.25) is 0 Å². The highest BCUT2D eigenvalue weighted by molar-refractivity contribution is 5.18. The number of hydrogen-bond donors (Lipinski definition) is 0. The average molecular weight is 432 g/mol. The van der Waals surface area contributed by atoms with E-state index >= 15 is 0 Å². The first-order chi connectivity index (χ1) is 15.9. The smallest absolute Gasteiger partial charge is 0.234 e.